The second-order valence-electron chi connectivity index (χ2n) is 10.0. The summed E-state index contributed by atoms with van der Waals surface area (Å²) in [6.07, 6.45) is 1.34. The Labute approximate surface area is 208 Å². The number of nitrogens with one attached hydrogen (secondary N) is 1. The van der Waals surface area contributed by atoms with Crippen LogP contribution in [0.4, 0.5) is 15.9 Å². The standard InChI is InChI=1S/C26H30FN7O2/c1-16-6-7-18(25(35)30-21-15-28-34(24(21)27)26(3,4)5)12-20(16)19-13-22-29-17(2)31-33(22)23(14-19)32-8-10-36-11-9-32/h6-7,12-15H,8-11H2,1-5H3,(H,30,35). The van der Waals surface area contributed by atoms with Gasteiger partial charge in [0.15, 0.2) is 5.65 Å². The Morgan fingerprint density at radius 3 is 2.56 bits per heavy atom. The minimum atomic E-state index is -0.578. The van der Waals surface area contributed by atoms with Gasteiger partial charge in [0.05, 0.1) is 24.9 Å². The van der Waals surface area contributed by atoms with Crippen molar-refractivity contribution in [3.63, 3.8) is 0 Å². The number of aromatic nitrogens is 5. The number of halogens is 1. The number of carbonyl (C=O) groups excluding carboxylic acids is 1. The van der Waals surface area contributed by atoms with Crippen LogP contribution in [-0.2, 0) is 10.3 Å². The molecule has 9 nitrogen and oxygen atoms in total. The molecule has 0 atom stereocenters. The largest absolute Gasteiger partial charge is 0.378 e. The van der Waals surface area contributed by atoms with E-state index in [1.807, 2.05) is 57.3 Å². The Morgan fingerprint density at radius 1 is 1.11 bits per heavy atom. The van der Waals surface area contributed by atoms with Crippen LogP contribution in [0.2, 0.25) is 0 Å². The molecule has 1 fully saturated rings. The van der Waals surface area contributed by atoms with E-state index in [1.54, 1.807) is 6.07 Å². The first-order chi connectivity index (χ1) is 17.1. The lowest BCUT2D eigenvalue weighted by atomic mass is 9.98. The lowest BCUT2D eigenvalue weighted by Crippen LogP contribution is -2.37. The number of aryl methyl sites for hydroxylation is 2. The van der Waals surface area contributed by atoms with Crippen molar-refractivity contribution in [3.05, 3.63) is 59.4 Å². The van der Waals surface area contributed by atoms with Gasteiger partial charge >= 0.3 is 0 Å². The van der Waals surface area contributed by atoms with E-state index >= 15 is 0 Å². The third kappa shape index (κ3) is 4.44. The first kappa shape index (κ1) is 23.9. The van der Waals surface area contributed by atoms with Crippen LogP contribution in [0.15, 0.2) is 36.5 Å². The SMILES string of the molecule is Cc1nc2cc(-c3cc(C(=O)Nc4cnn(C(C)(C)C)c4F)ccc3C)cc(N3CCOCC3)n2n1. The average Bonchev–Trinajstić information content (AvgIpc) is 3.40. The summed E-state index contributed by atoms with van der Waals surface area (Å²) in [6, 6.07) is 9.51. The molecule has 0 radical (unpaired) electrons. The first-order valence-corrected chi connectivity index (χ1v) is 12.0. The summed E-state index contributed by atoms with van der Waals surface area (Å²) in [5, 5.41) is 11.3. The van der Waals surface area contributed by atoms with E-state index in [1.165, 1.54) is 10.9 Å². The van der Waals surface area contributed by atoms with E-state index in [-0.39, 0.29) is 5.69 Å². The molecule has 4 heterocycles. The van der Waals surface area contributed by atoms with Crippen LogP contribution in [0.25, 0.3) is 16.8 Å². The monoisotopic (exact) mass is 491 g/mol. The average molecular weight is 492 g/mol. The Hall–Kier alpha value is -3.79. The molecule has 0 aliphatic carbocycles. The summed E-state index contributed by atoms with van der Waals surface area (Å²) < 4.78 is 23.5. The molecule has 5 rings (SSSR count). The summed E-state index contributed by atoms with van der Waals surface area (Å²) >= 11 is 0. The maximum absolute atomic E-state index is 14.8. The fourth-order valence-corrected chi connectivity index (χ4v) is 4.40. The number of morpholine rings is 1. The molecule has 0 saturated carbocycles. The molecule has 4 aromatic rings. The molecule has 188 valence electrons. The molecule has 1 aromatic carbocycles. The third-order valence-corrected chi connectivity index (χ3v) is 6.26. The lowest BCUT2D eigenvalue weighted by molar-refractivity contribution is 0.102. The van der Waals surface area contributed by atoms with E-state index in [0.29, 0.717) is 24.6 Å². The minimum Gasteiger partial charge on any atom is -0.378 e. The molecular weight excluding hydrogens is 461 g/mol. The van der Waals surface area contributed by atoms with E-state index < -0.39 is 17.4 Å². The molecule has 0 spiro atoms. The molecule has 0 unspecified atom stereocenters. The quantitative estimate of drug-likeness (QED) is 0.460. The number of benzene rings is 1. The predicted octanol–water partition coefficient (Wildman–Crippen LogP) is 4.19. The number of carbonyl (C=O) groups is 1. The zero-order valence-electron chi connectivity index (χ0n) is 21.2. The number of fused-ring (bicyclic) bond motifs is 1. The maximum Gasteiger partial charge on any atom is 0.255 e. The van der Waals surface area contributed by atoms with Gasteiger partial charge in [-0.3, -0.25) is 4.79 Å². The van der Waals surface area contributed by atoms with Crippen LogP contribution >= 0.6 is 0 Å². The first-order valence-electron chi connectivity index (χ1n) is 12.0. The second-order valence-corrected chi connectivity index (χ2v) is 10.0. The highest BCUT2D eigenvalue weighted by atomic mass is 19.1. The Balaban J connectivity index is 1.51. The Kier molecular flexibility index (Phi) is 5.99. The van der Waals surface area contributed by atoms with Gasteiger partial charge in [0.25, 0.3) is 5.91 Å². The van der Waals surface area contributed by atoms with Crippen molar-refractivity contribution in [2.75, 3.05) is 36.5 Å². The van der Waals surface area contributed by atoms with E-state index in [4.69, 9.17) is 4.74 Å². The number of amides is 1. The highest BCUT2D eigenvalue weighted by Crippen LogP contribution is 2.31. The normalized spacial score (nSPS) is 14.4. The summed E-state index contributed by atoms with van der Waals surface area (Å²) in [4.78, 5) is 19.9. The van der Waals surface area contributed by atoms with Crippen LogP contribution in [0.5, 0.6) is 0 Å². The molecule has 1 N–H and O–H groups in total. The van der Waals surface area contributed by atoms with Crippen molar-refractivity contribution in [3.8, 4) is 11.1 Å². The van der Waals surface area contributed by atoms with Gasteiger partial charge in [0.1, 0.15) is 17.3 Å². The molecule has 3 aromatic heterocycles. The van der Waals surface area contributed by atoms with E-state index in [9.17, 15) is 9.18 Å². The number of pyridine rings is 1. The molecule has 0 bridgehead atoms. The minimum absolute atomic E-state index is 0.0482. The lowest BCUT2D eigenvalue weighted by Gasteiger charge is -2.29. The van der Waals surface area contributed by atoms with Crippen LogP contribution in [0.3, 0.4) is 0 Å². The van der Waals surface area contributed by atoms with Gasteiger partial charge in [-0.25, -0.2) is 9.67 Å². The van der Waals surface area contributed by atoms with Crippen LogP contribution < -0.4 is 10.2 Å². The van der Waals surface area contributed by atoms with Crippen LogP contribution in [0, 0.1) is 19.8 Å². The fraction of sp³-hybridized carbons (Fsp3) is 0.385. The van der Waals surface area contributed by atoms with Crippen LogP contribution in [-0.4, -0.2) is 56.6 Å². The van der Waals surface area contributed by atoms with Crippen molar-refractivity contribution in [2.45, 2.75) is 40.2 Å². The van der Waals surface area contributed by atoms with Crippen molar-refractivity contribution in [1.29, 1.82) is 0 Å². The summed E-state index contributed by atoms with van der Waals surface area (Å²) in [7, 11) is 0. The fourth-order valence-electron chi connectivity index (χ4n) is 4.40. The molecule has 1 aliphatic heterocycles. The highest BCUT2D eigenvalue weighted by Gasteiger charge is 2.23. The molecule has 1 saturated heterocycles. The molecule has 1 amide bonds. The number of hydrogen-bond donors (Lipinski definition) is 1. The smallest absolute Gasteiger partial charge is 0.255 e. The summed E-state index contributed by atoms with van der Waals surface area (Å²) in [5.74, 6) is 0.629. The molecular formula is C26H30FN7O2. The maximum atomic E-state index is 14.8. The van der Waals surface area contributed by atoms with E-state index in [0.717, 1.165) is 41.2 Å². The number of hydrogen-bond acceptors (Lipinski definition) is 6. The predicted molar refractivity (Wildman–Crippen MR) is 136 cm³/mol. The summed E-state index contributed by atoms with van der Waals surface area (Å²) in [5.41, 5.74) is 3.49. The van der Waals surface area contributed by atoms with Gasteiger partial charge in [0, 0.05) is 18.7 Å². The van der Waals surface area contributed by atoms with Gasteiger partial charge < -0.3 is 15.0 Å². The van der Waals surface area contributed by atoms with Crippen molar-refractivity contribution < 1.29 is 13.9 Å². The van der Waals surface area contributed by atoms with Gasteiger partial charge in [-0.15, -0.1) is 5.10 Å². The zero-order valence-corrected chi connectivity index (χ0v) is 21.2. The molecule has 10 heteroatoms. The second kappa shape index (κ2) is 9.02. The number of ether oxygens (including phenoxy) is 1. The Bertz CT molecular complexity index is 1440. The van der Waals surface area contributed by atoms with Gasteiger partial charge in [0.2, 0.25) is 5.95 Å². The van der Waals surface area contributed by atoms with Gasteiger partial charge in [-0.05, 0) is 75.6 Å². The van der Waals surface area contributed by atoms with E-state index in [2.05, 4.69) is 31.5 Å². The number of nitrogens with zero attached hydrogens (tertiary/aromatic N) is 6. The molecule has 1 aliphatic rings. The number of anilines is 2. The zero-order chi connectivity index (χ0) is 25.6. The van der Waals surface area contributed by atoms with Crippen molar-refractivity contribution in [1.82, 2.24) is 24.4 Å². The Morgan fingerprint density at radius 2 is 1.86 bits per heavy atom. The highest BCUT2D eigenvalue weighted by molar-refractivity contribution is 6.05. The third-order valence-electron chi connectivity index (χ3n) is 6.26. The van der Waals surface area contributed by atoms with Crippen molar-refractivity contribution >= 4 is 23.1 Å². The summed E-state index contributed by atoms with van der Waals surface area (Å²) in [6.45, 7) is 12.2. The van der Waals surface area contributed by atoms with Gasteiger partial charge in [-0.1, -0.05) is 6.07 Å². The number of rotatable bonds is 4. The van der Waals surface area contributed by atoms with Crippen LogP contribution in [0.1, 0.15) is 42.5 Å². The topological polar surface area (TPSA) is 89.6 Å². The van der Waals surface area contributed by atoms with Crippen molar-refractivity contribution in [2.24, 2.45) is 0 Å². The van der Waals surface area contributed by atoms with Gasteiger partial charge in [-0.2, -0.15) is 14.0 Å². The molecule has 36 heavy (non-hydrogen) atoms.